The lowest BCUT2D eigenvalue weighted by Crippen LogP contribution is -2.33. The summed E-state index contributed by atoms with van der Waals surface area (Å²) in [4.78, 5) is 20.0. The molecule has 4 atom stereocenters. The van der Waals surface area contributed by atoms with Crippen LogP contribution in [0.2, 0.25) is 0 Å². The number of aliphatic hydroxyl groups excluding tert-OH is 3. The summed E-state index contributed by atoms with van der Waals surface area (Å²) in [5.74, 6) is 0.169. The van der Waals surface area contributed by atoms with Crippen molar-refractivity contribution < 1.29 is 20.1 Å². The molecule has 0 amide bonds. The van der Waals surface area contributed by atoms with Gasteiger partial charge in [0.15, 0.2) is 11.9 Å². The Kier molecular flexibility index (Phi) is 3.60. The van der Waals surface area contributed by atoms with E-state index in [2.05, 4.69) is 9.97 Å². The highest BCUT2D eigenvalue weighted by Crippen LogP contribution is 2.31. The maximum atomic E-state index is 12.0. The van der Waals surface area contributed by atoms with Gasteiger partial charge in [0.2, 0.25) is 0 Å². The molecule has 1 aliphatic rings. The lowest BCUT2D eigenvalue weighted by molar-refractivity contribution is -0.0511. The van der Waals surface area contributed by atoms with Crippen LogP contribution in [0.5, 0.6) is 0 Å². The molecule has 0 bridgehead atoms. The highest BCUT2D eigenvalue weighted by Gasteiger charge is 2.44. The molecule has 0 aliphatic carbocycles. The first-order chi connectivity index (χ1) is 10.5. The first kappa shape index (κ1) is 14.9. The Hall–Kier alpha value is -2.01. The van der Waals surface area contributed by atoms with E-state index in [1.54, 1.807) is 6.92 Å². The predicted octanol–water partition coefficient (Wildman–Crippen LogP) is -2.19. The molecule has 1 saturated heterocycles. The summed E-state index contributed by atoms with van der Waals surface area (Å²) in [5.41, 5.74) is 5.83. The fraction of sp³-hybridized carbons (Fsp3) is 0.583. The van der Waals surface area contributed by atoms with Crippen LogP contribution in [0, 0.1) is 0 Å². The summed E-state index contributed by atoms with van der Waals surface area (Å²) in [6.07, 6.45) is -3.15. The largest absolute Gasteiger partial charge is 0.394 e. The van der Waals surface area contributed by atoms with Gasteiger partial charge >= 0.3 is 5.69 Å². The molecule has 0 aromatic carbocycles. The lowest BCUT2D eigenvalue weighted by Gasteiger charge is -2.16. The van der Waals surface area contributed by atoms with E-state index in [0.29, 0.717) is 12.1 Å². The van der Waals surface area contributed by atoms with Gasteiger partial charge in [-0.2, -0.15) is 4.98 Å². The zero-order chi connectivity index (χ0) is 16.0. The maximum absolute atomic E-state index is 12.0. The Morgan fingerprint density at radius 1 is 1.41 bits per heavy atom. The molecule has 1 unspecified atom stereocenters. The number of fused-ring (bicyclic) bond motifs is 1. The van der Waals surface area contributed by atoms with Crippen molar-refractivity contribution >= 4 is 17.0 Å². The van der Waals surface area contributed by atoms with Gasteiger partial charge in [0.1, 0.15) is 29.6 Å². The van der Waals surface area contributed by atoms with Crippen LogP contribution in [-0.2, 0) is 11.3 Å². The topological polar surface area (TPSA) is 149 Å². The molecule has 5 N–H and O–H groups in total. The molecule has 0 radical (unpaired) electrons. The van der Waals surface area contributed by atoms with Crippen LogP contribution >= 0.6 is 0 Å². The average molecular weight is 311 g/mol. The first-order valence-corrected chi connectivity index (χ1v) is 6.84. The SMILES string of the molecule is CCn1c(N)c2ncn(C3O[C@H](CO)[C@@H](O)[C@H]3O)c2nc1=O. The highest BCUT2D eigenvalue weighted by atomic mass is 16.6. The smallest absolute Gasteiger partial charge is 0.351 e. The molecule has 1 aliphatic heterocycles. The van der Waals surface area contributed by atoms with Crippen molar-refractivity contribution in [3.05, 3.63) is 16.8 Å². The molecular formula is C12H17N5O5. The van der Waals surface area contributed by atoms with Crippen molar-refractivity contribution in [1.29, 1.82) is 0 Å². The van der Waals surface area contributed by atoms with Gasteiger partial charge in [-0.05, 0) is 6.92 Å². The molecule has 22 heavy (non-hydrogen) atoms. The van der Waals surface area contributed by atoms with Gasteiger partial charge in [0, 0.05) is 6.54 Å². The fourth-order valence-electron chi connectivity index (χ4n) is 2.63. The van der Waals surface area contributed by atoms with Crippen molar-refractivity contribution in [2.45, 2.75) is 38.0 Å². The Morgan fingerprint density at radius 2 is 2.14 bits per heavy atom. The highest BCUT2D eigenvalue weighted by molar-refractivity contribution is 5.81. The Bertz CT molecular complexity index is 756. The Balaban J connectivity index is 2.12. The number of nitrogen functional groups attached to an aromatic ring is 1. The number of imidazole rings is 1. The van der Waals surface area contributed by atoms with E-state index in [0.717, 1.165) is 0 Å². The van der Waals surface area contributed by atoms with Crippen LogP contribution in [0.1, 0.15) is 13.2 Å². The number of aromatic nitrogens is 4. The number of hydrogen-bond acceptors (Lipinski definition) is 8. The summed E-state index contributed by atoms with van der Waals surface area (Å²) in [5, 5.41) is 29.0. The first-order valence-electron chi connectivity index (χ1n) is 6.84. The van der Waals surface area contributed by atoms with E-state index in [-0.39, 0.29) is 11.5 Å². The number of ether oxygens (including phenoxy) is 1. The van der Waals surface area contributed by atoms with Crippen LogP contribution in [-0.4, -0.2) is 59.3 Å². The molecule has 3 heterocycles. The third kappa shape index (κ3) is 2.00. The van der Waals surface area contributed by atoms with Gasteiger partial charge in [-0.25, -0.2) is 9.78 Å². The van der Waals surface area contributed by atoms with Gasteiger partial charge in [0.25, 0.3) is 0 Å². The van der Waals surface area contributed by atoms with Gasteiger partial charge in [-0.15, -0.1) is 0 Å². The lowest BCUT2D eigenvalue weighted by atomic mass is 10.1. The summed E-state index contributed by atoms with van der Waals surface area (Å²) in [6.45, 7) is 1.67. The quantitative estimate of drug-likeness (QED) is 0.499. The second-order valence-electron chi connectivity index (χ2n) is 5.08. The number of rotatable bonds is 3. The molecule has 0 saturated carbocycles. The van der Waals surface area contributed by atoms with Crippen LogP contribution in [0.15, 0.2) is 11.1 Å². The summed E-state index contributed by atoms with van der Waals surface area (Å²) in [7, 11) is 0. The minimum atomic E-state index is -1.29. The number of nitrogens with zero attached hydrogens (tertiary/aromatic N) is 4. The fourth-order valence-corrected chi connectivity index (χ4v) is 2.63. The van der Waals surface area contributed by atoms with Crippen LogP contribution < -0.4 is 11.4 Å². The Morgan fingerprint density at radius 3 is 2.73 bits per heavy atom. The standard InChI is InChI=1S/C12H17N5O5/c1-2-16-9(13)6-10(15-12(16)21)17(4-14-6)11-8(20)7(19)5(3-18)22-11/h4-5,7-8,11,18-20H,2-3,13H2,1H3/t5-,7-,8-,11?/m1/s1. The molecule has 3 rings (SSSR count). The van der Waals surface area contributed by atoms with E-state index in [9.17, 15) is 15.0 Å². The van der Waals surface area contributed by atoms with Gasteiger partial charge < -0.3 is 25.8 Å². The third-order valence-electron chi connectivity index (χ3n) is 3.84. The summed E-state index contributed by atoms with van der Waals surface area (Å²) >= 11 is 0. The minimum absolute atomic E-state index is 0.155. The van der Waals surface area contributed by atoms with E-state index in [1.807, 2.05) is 0 Å². The van der Waals surface area contributed by atoms with E-state index in [1.165, 1.54) is 15.5 Å². The van der Waals surface area contributed by atoms with Crippen molar-refractivity contribution in [2.24, 2.45) is 0 Å². The molecule has 10 heteroatoms. The number of anilines is 1. The second kappa shape index (κ2) is 5.32. The molecule has 120 valence electrons. The van der Waals surface area contributed by atoms with E-state index >= 15 is 0 Å². The second-order valence-corrected chi connectivity index (χ2v) is 5.08. The van der Waals surface area contributed by atoms with Gasteiger partial charge in [-0.1, -0.05) is 0 Å². The zero-order valence-corrected chi connectivity index (χ0v) is 11.8. The molecule has 2 aromatic heterocycles. The Labute approximate surface area is 124 Å². The monoisotopic (exact) mass is 311 g/mol. The van der Waals surface area contributed by atoms with Gasteiger partial charge in [0.05, 0.1) is 12.9 Å². The molecule has 10 nitrogen and oxygen atoms in total. The zero-order valence-electron chi connectivity index (χ0n) is 11.8. The van der Waals surface area contributed by atoms with E-state index < -0.39 is 36.8 Å². The van der Waals surface area contributed by atoms with Crippen molar-refractivity contribution in [3.8, 4) is 0 Å². The average Bonchev–Trinajstić information content (AvgIpc) is 3.02. The maximum Gasteiger partial charge on any atom is 0.351 e. The van der Waals surface area contributed by atoms with E-state index in [4.69, 9.17) is 15.6 Å². The van der Waals surface area contributed by atoms with Crippen molar-refractivity contribution in [2.75, 3.05) is 12.3 Å². The molecule has 0 spiro atoms. The predicted molar refractivity (Wildman–Crippen MR) is 74.9 cm³/mol. The normalized spacial score (nSPS) is 28.5. The molecule has 1 fully saturated rings. The third-order valence-corrected chi connectivity index (χ3v) is 3.84. The van der Waals surface area contributed by atoms with Crippen molar-refractivity contribution in [3.63, 3.8) is 0 Å². The minimum Gasteiger partial charge on any atom is -0.394 e. The van der Waals surface area contributed by atoms with Crippen LogP contribution in [0.25, 0.3) is 11.2 Å². The molecule has 2 aromatic rings. The van der Waals surface area contributed by atoms with Gasteiger partial charge in [-0.3, -0.25) is 9.13 Å². The van der Waals surface area contributed by atoms with Crippen LogP contribution in [0.4, 0.5) is 5.82 Å². The number of hydrogen-bond donors (Lipinski definition) is 4. The number of aliphatic hydroxyl groups is 3. The van der Waals surface area contributed by atoms with Crippen molar-refractivity contribution in [1.82, 2.24) is 19.1 Å². The summed E-state index contributed by atoms with van der Waals surface area (Å²) < 4.78 is 8.01. The number of nitrogens with two attached hydrogens (primary N) is 1. The summed E-state index contributed by atoms with van der Waals surface area (Å²) in [6, 6.07) is 0. The molecular weight excluding hydrogens is 294 g/mol. The van der Waals surface area contributed by atoms with Crippen LogP contribution in [0.3, 0.4) is 0 Å².